The summed E-state index contributed by atoms with van der Waals surface area (Å²) < 4.78 is 42.2. The Morgan fingerprint density at radius 2 is 1.39 bits per heavy atom. The molecule has 0 saturated carbocycles. The van der Waals surface area contributed by atoms with Crippen LogP contribution < -0.4 is 0 Å². The Morgan fingerprint density at radius 3 is 1.56 bits per heavy atom. The maximum Gasteiger partial charge on any atom is 0.217 e. The number of nitrogens with zero attached hydrogens (tertiary/aromatic N) is 1. The van der Waals surface area contributed by atoms with Gasteiger partial charge in [-0.15, -0.1) is 0 Å². The van der Waals surface area contributed by atoms with Gasteiger partial charge in [0, 0.05) is 14.2 Å². The van der Waals surface area contributed by atoms with E-state index in [4.69, 9.17) is 9.47 Å². The van der Waals surface area contributed by atoms with Crippen LogP contribution in [0.15, 0.2) is 0 Å². The van der Waals surface area contributed by atoms with Crippen molar-refractivity contribution in [1.82, 2.24) is 0 Å². The summed E-state index contributed by atoms with van der Waals surface area (Å²) in [5, 5.41) is 0. The van der Waals surface area contributed by atoms with Crippen molar-refractivity contribution >= 4 is 10.4 Å². The molecule has 0 fully saturated rings. The molecule has 0 amide bonds. The zero-order chi connectivity index (χ0) is 14.7. The highest BCUT2D eigenvalue weighted by atomic mass is 32.3. The number of hydrogen-bond acceptors (Lipinski definition) is 6. The van der Waals surface area contributed by atoms with Crippen LogP contribution in [-0.2, 0) is 24.1 Å². The monoisotopic (exact) mass is 287 g/mol. The molecule has 0 unspecified atom stereocenters. The number of quaternary nitrogens is 1. The SMILES string of the molecule is CC[N+](C)(CCOC)CCOC.COS(=O)(=O)[O-]. The van der Waals surface area contributed by atoms with E-state index in [1.54, 1.807) is 14.2 Å². The molecule has 0 rings (SSSR count). The maximum atomic E-state index is 9.22. The molecular formula is C10H25NO6S. The normalized spacial score (nSPS) is 11.9. The van der Waals surface area contributed by atoms with E-state index in [1.807, 2.05) is 0 Å². The van der Waals surface area contributed by atoms with Crippen LogP contribution >= 0.6 is 0 Å². The van der Waals surface area contributed by atoms with E-state index in [2.05, 4.69) is 18.2 Å². The molecule has 0 aliphatic carbocycles. The number of likely N-dealkylation sites (N-methyl/N-ethyl adjacent to an activating group) is 1. The van der Waals surface area contributed by atoms with Gasteiger partial charge in [-0.25, -0.2) is 8.42 Å². The van der Waals surface area contributed by atoms with Crippen LogP contribution in [0.25, 0.3) is 0 Å². The standard InChI is InChI=1S/C9H22NO2.CH4O4S/c1-5-10(2,6-8-11-3)7-9-12-4;1-5-6(2,3)4/h5-9H2,1-4H3;1H3,(H,2,3,4)/q+1;/p-1. The average molecular weight is 287 g/mol. The quantitative estimate of drug-likeness (QED) is 0.350. The molecule has 0 aromatic carbocycles. The van der Waals surface area contributed by atoms with Gasteiger partial charge in [0.1, 0.15) is 13.1 Å². The Hall–Kier alpha value is -0.250. The Labute approximate surface area is 110 Å². The summed E-state index contributed by atoms with van der Waals surface area (Å²) in [7, 11) is 2.12. The molecule has 0 N–H and O–H groups in total. The van der Waals surface area contributed by atoms with Gasteiger partial charge in [-0.3, -0.25) is 4.18 Å². The summed E-state index contributed by atoms with van der Waals surface area (Å²) in [5.41, 5.74) is 0. The Balaban J connectivity index is 0. The van der Waals surface area contributed by atoms with Gasteiger partial charge >= 0.3 is 0 Å². The van der Waals surface area contributed by atoms with E-state index in [0.717, 1.165) is 44.4 Å². The van der Waals surface area contributed by atoms with Gasteiger partial charge < -0.3 is 18.5 Å². The molecule has 112 valence electrons. The topological polar surface area (TPSA) is 84.9 Å². The van der Waals surface area contributed by atoms with Crippen molar-refractivity contribution in [1.29, 1.82) is 0 Å². The van der Waals surface area contributed by atoms with E-state index >= 15 is 0 Å². The molecule has 7 nitrogen and oxygen atoms in total. The molecule has 0 spiro atoms. The first-order valence-electron chi connectivity index (χ1n) is 5.57. The molecular weight excluding hydrogens is 262 g/mol. The minimum atomic E-state index is -4.41. The van der Waals surface area contributed by atoms with Crippen molar-refractivity contribution < 1.29 is 31.1 Å². The number of rotatable bonds is 8. The highest BCUT2D eigenvalue weighted by Gasteiger charge is 2.17. The van der Waals surface area contributed by atoms with Gasteiger partial charge in [0.15, 0.2) is 0 Å². The highest BCUT2D eigenvalue weighted by Crippen LogP contribution is 2.00. The second-order valence-corrected chi connectivity index (χ2v) is 5.09. The van der Waals surface area contributed by atoms with E-state index in [0.29, 0.717) is 0 Å². The Kier molecular flexibility index (Phi) is 11.9. The molecule has 0 atom stereocenters. The molecule has 0 aliphatic heterocycles. The molecule has 0 bridgehead atoms. The molecule has 18 heavy (non-hydrogen) atoms. The molecule has 0 aliphatic rings. The van der Waals surface area contributed by atoms with Crippen molar-refractivity contribution in [3.8, 4) is 0 Å². The number of hydrogen-bond donors (Lipinski definition) is 0. The fraction of sp³-hybridized carbons (Fsp3) is 1.00. The van der Waals surface area contributed by atoms with Gasteiger partial charge in [-0.05, 0) is 6.92 Å². The first-order valence-corrected chi connectivity index (χ1v) is 6.91. The summed E-state index contributed by atoms with van der Waals surface area (Å²) in [6.07, 6.45) is 0. The number of methoxy groups -OCH3 is 2. The van der Waals surface area contributed by atoms with E-state index in [9.17, 15) is 13.0 Å². The lowest BCUT2D eigenvalue weighted by Crippen LogP contribution is -2.48. The van der Waals surface area contributed by atoms with Crippen molar-refractivity contribution in [2.75, 3.05) is 61.2 Å². The van der Waals surface area contributed by atoms with Gasteiger partial charge in [0.05, 0.1) is 33.9 Å². The highest BCUT2D eigenvalue weighted by molar-refractivity contribution is 7.80. The van der Waals surface area contributed by atoms with Crippen LogP contribution in [0.1, 0.15) is 6.92 Å². The third-order valence-electron chi connectivity index (χ3n) is 2.64. The molecule has 0 aromatic rings. The van der Waals surface area contributed by atoms with Crippen LogP contribution in [0.5, 0.6) is 0 Å². The second-order valence-electron chi connectivity index (χ2n) is 3.94. The largest absolute Gasteiger partial charge is 0.726 e. The zero-order valence-corrected chi connectivity index (χ0v) is 12.7. The van der Waals surface area contributed by atoms with Crippen molar-refractivity contribution in [2.24, 2.45) is 0 Å². The predicted molar refractivity (Wildman–Crippen MR) is 66.9 cm³/mol. The van der Waals surface area contributed by atoms with Crippen LogP contribution in [-0.4, -0.2) is 78.7 Å². The lowest BCUT2D eigenvalue weighted by molar-refractivity contribution is -0.908. The van der Waals surface area contributed by atoms with Crippen molar-refractivity contribution in [3.05, 3.63) is 0 Å². The van der Waals surface area contributed by atoms with Gasteiger partial charge in [0.25, 0.3) is 0 Å². The fourth-order valence-electron chi connectivity index (χ4n) is 1.05. The second kappa shape index (κ2) is 10.7. The van der Waals surface area contributed by atoms with Crippen LogP contribution in [0.2, 0.25) is 0 Å². The van der Waals surface area contributed by atoms with Crippen LogP contribution in [0, 0.1) is 0 Å². The molecule has 0 aromatic heterocycles. The lowest BCUT2D eigenvalue weighted by atomic mass is 10.4. The number of ether oxygens (including phenoxy) is 2. The first kappa shape index (κ1) is 20.1. The minimum Gasteiger partial charge on any atom is -0.726 e. The molecule has 0 radical (unpaired) electrons. The third-order valence-corrected chi connectivity index (χ3v) is 3.05. The lowest BCUT2D eigenvalue weighted by Gasteiger charge is -2.32. The Bertz CT molecular complexity index is 272. The van der Waals surface area contributed by atoms with Gasteiger partial charge in [0.2, 0.25) is 10.4 Å². The van der Waals surface area contributed by atoms with E-state index in [1.165, 1.54) is 0 Å². The van der Waals surface area contributed by atoms with Gasteiger partial charge in [-0.2, -0.15) is 0 Å². The van der Waals surface area contributed by atoms with E-state index in [-0.39, 0.29) is 0 Å². The summed E-state index contributed by atoms with van der Waals surface area (Å²) in [6.45, 7) is 7.12. The summed E-state index contributed by atoms with van der Waals surface area (Å²) in [6, 6.07) is 0. The summed E-state index contributed by atoms with van der Waals surface area (Å²) in [5.74, 6) is 0. The van der Waals surface area contributed by atoms with Crippen molar-refractivity contribution in [2.45, 2.75) is 6.92 Å². The predicted octanol–water partition coefficient (Wildman–Crippen LogP) is -0.161. The first-order chi connectivity index (χ1) is 8.24. The Morgan fingerprint density at radius 1 is 1.06 bits per heavy atom. The molecule has 8 heteroatoms. The fourth-order valence-corrected chi connectivity index (χ4v) is 1.05. The van der Waals surface area contributed by atoms with Crippen LogP contribution in [0.3, 0.4) is 0 Å². The smallest absolute Gasteiger partial charge is 0.217 e. The molecule has 0 heterocycles. The van der Waals surface area contributed by atoms with Crippen LogP contribution in [0.4, 0.5) is 0 Å². The average Bonchev–Trinajstić information content (AvgIpc) is 2.34. The minimum absolute atomic E-state index is 0.808. The van der Waals surface area contributed by atoms with E-state index < -0.39 is 10.4 Å². The maximum absolute atomic E-state index is 9.22. The molecule has 0 saturated heterocycles. The summed E-state index contributed by atoms with van der Waals surface area (Å²) in [4.78, 5) is 0. The third kappa shape index (κ3) is 13.8. The zero-order valence-electron chi connectivity index (χ0n) is 11.8. The van der Waals surface area contributed by atoms with Crippen molar-refractivity contribution in [3.63, 3.8) is 0 Å². The summed E-state index contributed by atoms with van der Waals surface area (Å²) >= 11 is 0. The van der Waals surface area contributed by atoms with Gasteiger partial charge in [-0.1, -0.05) is 0 Å².